The van der Waals surface area contributed by atoms with Crippen LogP contribution in [-0.2, 0) is 14.8 Å². The highest BCUT2D eigenvalue weighted by Gasteiger charge is 2.26. The second-order valence-corrected chi connectivity index (χ2v) is 9.79. The molecular formula is C24H32N2O5S. The fourth-order valence-corrected chi connectivity index (χ4v) is 5.02. The largest absolute Gasteiger partial charge is 0.493 e. The fraction of sp³-hybridized carbons (Fsp3) is 0.458. The third kappa shape index (κ3) is 6.97. The smallest absolute Gasteiger partial charge is 0.262 e. The van der Waals surface area contributed by atoms with Gasteiger partial charge in [-0.05, 0) is 55.7 Å². The number of ether oxygens (including phenoxy) is 2. The van der Waals surface area contributed by atoms with Gasteiger partial charge in [0.05, 0.1) is 11.5 Å². The van der Waals surface area contributed by atoms with E-state index in [0.29, 0.717) is 36.9 Å². The first kappa shape index (κ1) is 24.1. The molecule has 1 N–H and O–H groups in total. The minimum atomic E-state index is -3.46. The van der Waals surface area contributed by atoms with Gasteiger partial charge in [0.25, 0.3) is 5.91 Å². The van der Waals surface area contributed by atoms with Crippen molar-refractivity contribution in [1.82, 2.24) is 4.31 Å². The maximum Gasteiger partial charge on any atom is 0.262 e. The number of unbranched alkanes of at least 4 members (excludes halogenated alkanes) is 3. The van der Waals surface area contributed by atoms with Crippen molar-refractivity contribution in [3.63, 3.8) is 0 Å². The summed E-state index contributed by atoms with van der Waals surface area (Å²) in [6.45, 7) is 3.79. The maximum atomic E-state index is 12.6. The van der Waals surface area contributed by atoms with Crippen molar-refractivity contribution in [2.45, 2.75) is 50.3 Å². The monoisotopic (exact) mass is 460 g/mol. The van der Waals surface area contributed by atoms with Crippen LogP contribution in [0.25, 0.3) is 0 Å². The number of amides is 1. The molecule has 1 aliphatic rings. The van der Waals surface area contributed by atoms with Crippen molar-refractivity contribution in [3.8, 4) is 11.5 Å². The Kier molecular flexibility index (Phi) is 8.93. The van der Waals surface area contributed by atoms with Gasteiger partial charge in [0.2, 0.25) is 10.0 Å². The molecule has 174 valence electrons. The lowest BCUT2D eigenvalue weighted by Gasteiger charge is -2.15. The summed E-state index contributed by atoms with van der Waals surface area (Å²) in [4.78, 5) is 12.5. The number of carbonyl (C=O) groups excluding carboxylic acids is 1. The maximum absolute atomic E-state index is 12.6. The Morgan fingerprint density at radius 2 is 1.66 bits per heavy atom. The molecule has 7 nitrogen and oxygen atoms in total. The van der Waals surface area contributed by atoms with Gasteiger partial charge in [-0.3, -0.25) is 4.79 Å². The normalized spacial score (nSPS) is 14.3. The Labute approximate surface area is 190 Å². The van der Waals surface area contributed by atoms with E-state index in [1.807, 2.05) is 12.1 Å². The van der Waals surface area contributed by atoms with Crippen molar-refractivity contribution in [2.24, 2.45) is 0 Å². The summed E-state index contributed by atoms with van der Waals surface area (Å²) in [5.74, 6) is 0.943. The third-order valence-electron chi connectivity index (χ3n) is 5.28. The number of nitrogens with one attached hydrogen (secondary N) is 1. The number of sulfonamides is 1. The lowest BCUT2D eigenvalue weighted by Crippen LogP contribution is -2.27. The highest BCUT2D eigenvalue weighted by Crippen LogP contribution is 2.23. The molecule has 0 aromatic heterocycles. The molecule has 0 saturated carbocycles. The minimum absolute atomic E-state index is 0.159. The van der Waals surface area contributed by atoms with Crippen LogP contribution in [0.3, 0.4) is 0 Å². The van der Waals surface area contributed by atoms with Crippen LogP contribution < -0.4 is 14.8 Å². The van der Waals surface area contributed by atoms with E-state index in [-0.39, 0.29) is 17.4 Å². The van der Waals surface area contributed by atoms with Gasteiger partial charge in [-0.15, -0.1) is 0 Å². The number of hydrogen-bond acceptors (Lipinski definition) is 5. The number of anilines is 1. The van der Waals surface area contributed by atoms with Crippen LogP contribution in [0, 0.1) is 0 Å². The van der Waals surface area contributed by atoms with Crippen LogP contribution >= 0.6 is 0 Å². The SMILES string of the molecule is CCCCCCOc1cccc(OCC(=O)Nc2ccc(S(=O)(=O)N3CCCC3)cc2)c1. The second-order valence-electron chi connectivity index (χ2n) is 7.86. The molecule has 2 aromatic carbocycles. The molecule has 0 radical (unpaired) electrons. The number of benzene rings is 2. The lowest BCUT2D eigenvalue weighted by atomic mass is 10.2. The standard InChI is InChI=1S/C24H32N2O5S/c1-2-3-4-7-17-30-21-9-8-10-22(18-21)31-19-24(27)25-20-11-13-23(14-12-20)32(28,29)26-15-5-6-16-26/h8-14,18H,2-7,15-17,19H2,1H3,(H,25,27). The van der Waals surface area contributed by atoms with Crippen LogP contribution in [0.2, 0.25) is 0 Å². The Morgan fingerprint density at radius 3 is 2.34 bits per heavy atom. The van der Waals surface area contributed by atoms with Gasteiger partial charge >= 0.3 is 0 Å². The quantitative estimate of drug-likeness (QED) is 0.473. The summed E-state index contributed by atoms with van der Waals surface area (Å²) in [6.07, 6.45) is 6.34. The molecule has 1 saturated heterocycles. The van der Waals surface area contributed by atoms with E-state index in [0.717, 1.165) is 25.7 Å². The van der Waals surface area contributed by atoms with Crippen molar-refractivity contribution in [2.75, 3.05) is 31.6 Å². The van der Waals surface area contributed by atoms with Gasteiger partial charge in [0, 0.05) is 24.8 Å². The molecule has 0 spiro atoms. The number of carbonyl (C=O) groups is 1. The summed E-state index contributed by atoms with van der Waals surface area (Å²) in [5.41, 5.74) is 0.517. The molecule has 3 rings (SSSR count). The predicted octanol–water partition coefficient (Wildman–Crippen LogP) is 4.45. The molecule has 0 aliphatic carbocycles. The lowest BCUT2D eigenvalue weighted by molar-refractivity contribution is -0.118. The molecule has 0 bridgehead atoms. The predicted molar refractivity (Wildman–Crippen MR) is 125 cm³/mol. The van der Waals surface area contributed by atoms with E-state index in [2.05, 4.69) is 12.2 Å². The van der Waals surface area contributed by atoms with Gasteiger partial charge in [-0.2, -0.15) is 4.31 Å². The molecule has 0 unspecified atom stereocenters. The summed E-state index contributed by atoms with van der Waals surface area (Å²) in [7, 11) is -3.46. The van der Waals surface area contributed by atoms with Crippen molar-refractivity contribution in [1.29, 1.82) is 0 Å². The average molecular weight is 461 g/mol. The molecule has 8 heteroatoms. The Bertz CT molecular complexity index is 970. The van der Waals surface area contributed by atoms with Crippen molar-refractivity contribution in [3.05, 3.63) is 48.5 Å². The van der Waals surface area contributed by atoms with Gasteiger partial charge in [0.1, 0.15) is 11.5 Å². The van der Waals surface area contributed by atoms with Crippen molar-refractivity contribution >= 4 is 21.6 Å². The highest BCUT2D eigenvalue weighted by atomic mass is 32.2. The van der Waals surface area contributed by atoms with Gasteiger partial charge < -0.3 is 14.8 Å². The van der Waals surface area contributed by atoms with Crippen molar-refractivity contribution < 1.29 is 22.7 Å². The van der Waals surface area contributed by atoms with E-state index in [4.69, 9.17) is 9.47 Å². The molecular weight excluding hydrogens is 428 g/mol. The van der Waals surface area contributed by atoms with Crippen LogP contribution in [0.4, 0.5) is 5.69 Å². The molecule has 0 atom stereocenters. The summed E-state index contributed by atoms with van der Waals surface area (Å²) in [6, 6.07) is 13.5. The summed E-state index contributed by atoms with van der Waals surface area (Å²) < 4.78 is 38.0. The van der Waals surface area contributed by atoms with Gasteiger partial charge in [0.15, 0.2) is 6.61 Å². The fourth-order valence-electron chi connectivity index (χ4n) is 3.51. The average Bonchev–Trinajstić information content (AvgIpc) is 3.34. The molecule has 2 aromatic rings. The van der Waals surface area contributed by atoms with Crippen LogP contribution in [-0.4, -0.2) is 44.9 Å². The molecule has 1 fully saturated rings. The Hall–Kier alpha value is -2.58. The first-order chi connectivity index (χ1) is 15.5. The zero-order chi connectivity index (χ0) is 22.8. The number of rotatable bonds is 12. The zero-order valence-electron chi connectivity index (χ0n) is 18.6. The number of nitrogens with zero attached hydrogens (tertiary/aromatic N) is 1. The van der Waals surface area contributed by atoms with E-state index < -0.39 is 10.0 Å². The van der Waals surface area contributed by atoms with Crippen LogP contribution in [0.1, 0.15) is 45.4 Å². The molecule has 1 aliphatic heterocycles. The topological polar surface area (TPSA) is 84.9 Å². The van der Waals surface area contributed by atoms with Crippen LogP contribution in [0.15, 0.2) is 53.4 Å². The number of hydrogen-bond donors (Lipinski definition) is 1. The zero-order valence-corrected chi connectivity index (χ0v) is 19.4. The molecule has 32 heavy (non-hydrogen) atoms. The van der Waals surface area contributed by atoms with E-state index in [9.17, 15) is 13.2 Å². The van der Waals surface area contributed by atoms with E-state index in [1.54, 1.807) is 24.3 Å². The first-order valence-electron chi connectivity index (χ1n) is 11.2. The Morgan fingerprint density at radius 1 is 0.969 bits per heavy atom. The molecule has 1 amide bonds. The van der Waals surface area contributed by atoms with Gasteiger partial charge in [-0.1, -0.05) is 32.3 Å². The first-order valence-corrected chi connectivity index (χ1v) is 12.7. The minimum Gasteiger partial charge on any atom is -0.493 e. The van der Waals surface area contributed by atoms with Gasteiger partial charge in [-0.25, -0.2) is 8.42 Å². The Balaban J connectivity index is 1.46. The summed E-state index contributed by atoms with van der Waals surface area (Å²) >= 11 is 0. The second kappa shape index (κ2) is 11.9. The highest BCUT2D eigenvalue weighted by molar-refractivity contribution is 7.89. The van der Waals surface area contributed by atoms with E-state index >= 15 is 0 Å². The third-order valence-corrected chi connectivity index (χ3v) is 7.20. The van der Waals surface area contributed by atoms with E-state index in [1.165, 1.54) is 29.3 Å². The van der Waals surface area contributed by atoms with Crippen LogP contribution in [0.5, 0.6) is 11.5 Å². The molecule has 1 heterocycles. The summed E-state index contributed by atoms with van der Waals surface area (Å²) in [5, 5.41) is 2.73.